The number of aliphatic hydroxyl groups is 1. The fraction of sp³-hybridized carbons (Fsp3) is 0.600. The highest BCUT2D eigenvalue weighted by atomic mass is 16.5. The Bertz CT molecular complexity index is 420. The van der Waals surface area contributed by atoms with Gasteiger partial charge in [-0.15, -0.1) is 0 Å². The number of rotatable bonds is 6. The number of nitrogens with zero attached hydrogens (tertiary/aromatic N) is 1. The average molecular weight is 280 g/mol. The second kappa shape index (κ2) is 7.47. The molecule has 1 aliphatic rings. The van der Waals surface area contributed by atoms with Gasteiger partial charge in [0.05, 0.1) is 26.4 Å². The van der Waals surface area contributed by atoms with Crippen LogP contribution in [0.4, 0.5) is 0 Å². The first-order valence-corrected chi connectivity index (χ1v) is 7.16. The van der Waals surface area contributed by atoms with Crippen LogP contribution in [0.5, 0.6) is 11.5 Å². The lowest BCUT2D eigenvalue weighted by atomic mass is 10.0. The zero-order valence-electron chi connectivity index (χ0n) is 12.3. The number of methoxy groups -OCH3 is 1. The van der Waals surface area contributed by atoms with Crippen LogP contribution in [0.2, 0.25) is 0 Å². The van der Waals surface area contributed by atoms with Gasteiger partial charge < -0.3 is 19.9 Å². The van der Waals surface area contributed by atoms with Gasteiger partial charge in [-0.05, 0) is 24.6 Å². The van der Waals surface area contributed by atoms with E-state index in [1.54, 1.807) is 7.11 Å². The second-order valence-corrected chi connectivity index (χ2v) is 4.83. The van der Waals surface area contributed by atoms with Crippen LogP contribution in [0, 0.1) is 0 Å². The standard InChI is InChI=1S/C15H24N2O3/c1-3-20-15-10-12(4-5-14(15)19-2)13(11-18)17-8-6-16-7-9-17/h4-5,10,13,16,18H,3,6-9,11H2,1-2H3/t13-/m1/s1. The van der Waals surface area contributed by atoms with E-state index in [9.17, 15) is 5.11 Å². The summed E-state index contributed by atoms with van der Waals surface area (Å²) in [7, 11) is 1.64. The van der Waals surface area contributed by atoms with Crippen molar-refractivity contribution in [3.8, 4) is 11.5 Å². The molecule has 0 unspecified atom stereocenters. The Morgan fingerprint density at radius 3 is 2.65 bits per heavy atom. The molecule has 0 bridgehead atoms. The van der Waals surface area contributed by atoms with Gasteiger partial charge in [-0.2, -0.15) is 0 Å². The molecule has 2 rings (SSSR count). The maximum absolute atomic E-state index is 9.74. The van der Waals surface area contributed by atoms with Gasteiger partial charge in [0.15, 0.2) is 11.5 Å². The Morgan fingerprint density at radius 1 is 1.30 bits per heavy atom. The monoisotopic (exact) mass is 280 g/mol. The Balaban J connectivity index is 2.22. The number of hydrogen-bond acceptors (Lipinski definition) is 5. The molecule has 20 heavy (non-hydrogen) atoms. The van der Waals surface area contributed by atoms with Crippen LogP contribution in [0.3, 0.4) is 0 Å². The van der Waals surface area contributed by atoms with Gasteiger partial charge in [0, 0.05) is 26.2 Å². The van der Waals surface area contributed by atoms with Gasteiger partial charge in [-0.3, -0.25) is 4.90 Å². The van der Waals surface area contributed by atoms with Crippen LogP contribution in [0.1, 0.15) is 18.5 Å². The highest BCUT2D eigenvalue weighted by Crippen LogP contribution is 2.32. The summed E-state index contributed by atoms with van der Waals surface area (Å²) < 4.78 is 10.9. The molecular formula is C15H24N2O3. The van der Waals surface area contributed by atoms with E-state index in [0.29, 0.717) is 6.61 Å². The second-order valence-electron chi connectivity index (χ2n) is 4.83. The number of nitrogens with one attached hydrogen (secondary N) is 1. The molecule has 1 heterocycles. The third kappa shape index (κ3) is 3.42. The molecule has 112 valence electrons. The maximum atomic E-state index is 9.74. The zero-order chi connectivity index (χ0) is 14.4. The lowest BCUT2D eigenvalue weighted by Gasteiger charge is -2.34. The first kappa shape index (κ1) is 15.1. The van der Waals surface area contributed by atoms with Crippen molar-refractivity contribution in [2.45, 2.75) is 13.0 Å². The fourth-order valence-electron chi connectivity index (χ4n) is 2.59. The Labute approximate surface area is 120 Å². The molecule has 1 fully saturated rings. The third-order valence-corrected chi connectivity index (χ3v) is 3.64. The number of hydrogen-bond donors (Lipinski definition) is 2. The molecule has 2 N–H and O–H groups in total. The smallest absolute Gasteiger partial charge is 0.161 e. The Hall–Kier alpha value is -1.30. The van der Waals surface area contributed by atoms with E-state index in [2.05, 4.69) is 10.2 Å². The van der Waals surface area contributed by atoms with E-state index < -0.39 is 0 Å². The summed E-state index contributed by atoms with van der Waals surface area (Å²) in [6.45, 7) is 6.47. The van der Waals surface area contributed by atoms with Crippen molar-refractivity contribution >= 4 is 0 Å². The fourth-order valence-corrected chi connectivity index (χ4v) is 2.59. The maximum Gasteiger partial charge on any atom is 0.161 e. The van der Waals surface area contributed by atoms with Crippen molar-refractivity contribution in [3.05, 3.63) is 23.8 Å². The van der Waals surface area contributed by atoms with Gasteiger partial charge >= 0.3 is 0 Å². The average Bonchev–Trinajstić information content (AvgIpc) is 2.50. The molecule has 0 amide bonds. The minimum atomic E-state index is 0.0159. The van der Waals surface area contributed by atoms with Crippen molar-refractivity contribution in [1.82, 2.24) is 10.2 Å². The van der Waals surface area contributed by atoms with E-state index in [-0.39, 0.29) is 12.6 Å². The van der Waals surface area contributed by atoms with E-state index in [0.717, 1.165) is 43.2 Å². The summed E-state index contributed by atoms with van der Waals surface area (Å²) in [5, 5.41) is 13.1. The summed E-state index contributed by atoms with van der Waals surface area (Å²) in [5.74, 6) is 1.47. The largest absolute Gasteiger partial charge is 0.493 e. The topological polar surface area (TPSA) is 54.0 Å². The first-order chi connectivity index (χ1) is 9.80. The number of ether oxygens (including phenoxy) is 2. The van der Waals surface area contributed by atoms with E-state index in [1.807, 2.05) is 25.1 Å². The molecule has 5 nitrogen and oxygen atoms in total. The molecule has 1 aromatic carbocycles. The molecule has 0 spiro atoms. The molecule has 0 saturated carbocycles. The van der Waals surface area contributed by atoms with Crippen LogP contribution >= 0.6 is 0 Å². The molecule has 1 aromatic rings. The van der Waals surface area contributed by atoms with Gasteiger partial charge in [-0.1, -0.05) is 6.07 Å². The predicted molar refractivity (Wildman–Crippen MR) is 78.4 cm³/mol. The highest BCUT2D eigenvalue weighted by molar-refractivity contribution is 5.44. The highest BCUT2D eigenvalue weighted by Gasteiger charge is 2.22. The summed E-state index contributed by atoms with van der Waals surface area (Å²) in [6, 6.07) is 5.91. The Morgan fingerprint density at radius 2 is 2.05 bits per heavy atom. The Kier molecular flexibility index (Phi) is 5.64. The number of benzene rings is 1. The normalized spacial score (nSPS) is 17.8. The lowest BCUT2D eigenvalue weighted by molar-refractivity contribution is 0.110. The number of aliphatic hydroxyl groups excluding tert-OH is 1. The molecule has 1 atom stereocenters. The third-order valence-electron chi connectivity index (χ3n) is 3.64. The lowest BCUT2D eigenvalue weighted by Crippen LogP contribution is -2.46. The summed E-state index contributed by atoms with van der Waals surface area (Å²) in [6.07, 6.45) is 0. The predicted octanol–water partition coefficient (Wildman–Crippen LogP) is 1.03. The van der Waals surface area contributed by atoms with Crippen molar-refractivity contribution in [1.29, 1.82) is 0 Å². The van der Waals surface area contributed by atoms with Crippen LogP contribution in [0.25, 0.3) is 0 Å². The molecule has 0 aromatic heterocycles. The van der Waals surface area contributed by atoms with Gasteiger partial charge in [0.25, 0.3) is 0 Å². The summed E-state index contributed by atoms with van der Waals surface area (Å²) in [4.78, 5) is 2.30. The molecular weight excluding hydrogens is 256 g/mol. The number of piperazine rings is 1. The minimum Gasteiger partial charge on any atom is -0.493 e. The molecule has 1 saturated heterocycles. The van der Waals surface area contributed by atoms with Crippen molar-refractivity contribution in [3.63, 3.8) is 0 Å². The van der Waals surface area contributed by atoms with Crippen LogP contribution in [0.15, 0.2) is 18.2 Å². The van der Waals surface area contributed by atoms with Crippen LogP contribution in [-0.4, -0.2) is 56.5 Å². The molecule has 0 radical (unpaired) electrons. The van der Waals surface area contributed by atoms with Gasteiger partial charge in [0.2, 0.25) is 0 Å². The molecule has 5 heteroatoms. The minimum absolute atomic E-state index is 0.0159. The summed E-state index contributed by atoms with van der Waals surface area (Å²) >= 11 is 0. The van der Waals surface area contributed by atoms with Crippen molar-refractivity contribution in [2.75, 3.05) is 46.5 Å². The van der Waals surface area contributed by atoms with Crippen molar-refractivity contribution < 1.29 is 14.6 Å². The van der Waals surface area contributed by atoms with Crippen LogP contribution in [-0.2, 0) is 0 Å². The SMILES string of the molecule is CCOc1cc([C@@H](CO)N2CCNCC2)ccc1OC. The van der Waals surface area contributed by atoms with E-state index >= 15 is 0 Å². The summed E-state index contributed by atoms with van der Waals surface area (Å²) in [5.41, 5.74) is 1.07. The van der Waals surface area contributed by atoms with Gasteiger partial charge in [-0.25, -0.2) is 0 Å². The van der Waals surface area contributed by atoms with E-state index in [1.165, 1.54) is 0 Å². The first-order valence-electron chi connectivity index (χ1n) is 7.16. The van der Waals surface area contributed by atoms with Gasteiger partial charge in [0.1, 0.15) is 0 Å². The molecule has 0 aliphatic carbocycles. The van der Waals surface area contributed by atoms with E-state index in [4.69, 9.17) is 9.47 Å². The zero-order valence-corrected chi connectivity index (χ0v) is 12.3. The van der Waals surface area contributed by atoms with Crippen LogP contribution < -0.4 is 14.8 Å². The quantitative estimate of drug-likeness (QED) is 0.815. The van der Waals surface area contributed by atoms with Crippen molar-refractivity contribution in [2.24, 2.45) is 0 Å². The molecule has 1 aliphatic heterocycles.